The molecule has 2 aromatic carbocycles. The van der Waals surface area contributed by atoms with Gasteiger partial charge >= 0.3 is 0 Å². The van der Waals surface area contributed by atoms with Gasteiger partial charge in [-0.1, -0.05) is 63.3 Å². The van der Waals surface area contributed by atoms with Crippen LogP contribution in [0.15, 0.2) is 42.5 Å². The van der Waals surface area contributed by atoms with Crippen molar-refractivity contribution in [1.82, 2.24) is 0 Å². The Morgan fingerprint density at radius 1 is 1.04 bits per heavy atom. The third kappa shape index (κ3) is 2.18. The first kappa shape index (κ1) is 15.4. The quantitative estimate of drug-likeness (QED) is 0.584. The number of allylic oxidation sites excluding steroid dienone is 2. The van der Waals surface area contributed by atoms with Crippen LogP contribution in [0.1, 0.15) is 56.7 Å². The third-order valence-electron chi connectivity index (χ3n) is 6.87. The molecule has 0 aromatic heterocycles. The predicted molar refractivity (Wildman–Crippen MR) is 103 cm³/mol. The zero-order valence-electron chi connectivity index (χ0n) is 15.4. The lowest BCUT2D eigenvalue weighted by atomic mass is 9.62. The van der Waals surface area contributed by atoms with Gasteiger partial charge in [-0.25, -0.2) is 0 Å². The number of carbonyl (C=O) groups excluding carboxylic acids is 1. The van der Waals surface area contributed by atoms with Crippen LogP contribution in [0.4, 0.5) is 0 Å². The van der Waals surface area contributed by atoms with Crippen LogP contribution in [0, 0.1) is 11.8 Å². The van der Waals surface area contributed by atoms with Gasteiger partial charge in [0.25, 0.3) is 0 Å². The second-order valence-corrected chi connectivity index (χ2v) is 9.56. The maximum absolute atomic E-state index is 12.6. The molecule has 0 amide bonds. The second kappa shape index (κ2) is 4.84. The first-order valence-electron chi connectivity index (χ1n) is 9.63. The first-order valence-corrected chi connectivity index (χ1v) is 9.63. The average Bonchev–Trinajstić information content (AvgIpc) is 3.13. The molecule has 1 fully saturated rings. The molecule has 0 N–H and O–H groups in total. The fourth-order valence-corrected chi connectivity index (χ4v) is 5.61. The monoisotopic (exact) mass is 330 g/mol. The standard InChI is InChI=1S/C24H26O/c1-23(2,3)19-7-5-16-9-18-11-21(25)14-24(22(18)12-17(16)10-19)13-15-4-6-20(24)8-15/h4-7,9-10,12,15,20H,8,11,13-14H2,1-3H3. The van der Waals surface area contributed by atoms with E-state index in [9.17, 15) is 4.79 Å². The minimum atomic E-state index is 0.0794. The van der Waals surface area contributed by atoms with Gasteiger partial charge < -0.3 is 0 Å². The van der Waals surface area contributed by atoms with Gasteiger partial charge in [0.15, 0.2) is 0 Å². The summed E-state index contributed by atoms with van der Waals surface area (Å²) in [6, 6.07) is 11.6. The predicted octanol–water partition coefficient (Wildman–Crippen LogP) is 5.49. The third-order valence-corrected chi connectivity index (χ3v) is 6.87. The van der Waals surface area contributed by atoms with Gasteiger partial charge in [0.1, 0.15) is 5.78 Å². The van der Waals surface area contributed by atoms with Crippen LogP contribution in [-0.2, 0) is 22.0 Å². The Labute approximate surface area is 150 Å². The summed E-state index contributed by atoms with van der Waals surface area (Å²) >= 11 is 0. The highest BCUT2D eigenvalue weighted by atomic mass is 16.1. The van der Waals surface area contributed by atoms with E-state index in [2.05, 4.69) is 63.3 Å². The SMILES string of the molecule is CC(C)(C)c1ccc2cc3c(cc2c1)C1(CC(=O)C3)CC2C=CC1C2. The molecule has 5 rings (SSSR count). The summed E-state index contributed by atoms with van der Waals surface area (Å²) < 4.78 is 0. The Hall–Kier alpha value is -1.89. The van der Waals surface area contributed by atoms with Crippen LogP contribution in [-0.4, -0.2) is 5.78 Å². The normalized spacial score (nSPS) is 30.4. The molecular formula is C24H26O. The van der Waals surface area contributed by atoms with Crippen molar-refractivity contribution in [2.24, 2.45) is 11.8 Å². The van der Waals surface area contributed by atoms with Gasteiger partial charge in [0.05, 0.1) is 0 Å². The number of hydrogen-bond acceptors (Lipinski definition) is 1. The second-order valence-electron chi connectivity index (χ2n) is 9.56. The Balaban J connectivity index is 1.73. The number of carbonyl (C=O) groups is 1. The zero-order valence-corrected chi connectivity index (χ0v) is 15.4. The van der Waals surface area contributed by atoms with Crippen LogP contribution in [0.3, 0.4) is 0 Å². The molecule has 1 heteroatoms. The molecule has 3 aliphatic rings. The van der Waals surface area contributed by atoms with Crippen molar-refractivity contribution in [3.05, 3.63) is 59.2 Å². The highest BCUT2D eigenvalue weighted by Crippen LogP contribution is 2.58. The van der Waals surface area contributed by atoms with Gasteiger partial charge in [-0.3, -0.25) is 4.79 Å². The highest BCUT2D eigenvalue weighted by molar-refractivity contribution is 5.91. The molecule has 128 valence electrons. The maximum Gasteiger partial charge on any atom is 0.138 e. The van der Waals surface area contributed by atoms with E-state index in [1.165, 1.54) is 33.9 Å². The number of hydrogen-bond donors (Lipinski definition) is 0. The number of fused-ring (bicyclic) bond motifs is 6. The summed E-state index contributed by atoms with van der Waals surface area (Å²) in [7, 11) is 0. The van der Waals surface area contributed by atoms with Gasteiger partial charge in [0, 0.05) is 18.3 Å². The zero-order chi connectivity index (χ0) is 17.4. The lowest BCUT2D eigenvalue weighted by Gasteiger charge is -2.40. The van der Waals surface area contributed by atoms with Crippen LogP contribution < -0.4 is 0 Å². The molecule has 3 unspecified atom stereocenters. The molecule has 2 aromatic rings. The molecule has 25 heavy (non-hydrogen) atoms. The van der Waals surface area contributed by atoms with Crippen molar-refractivity contribution in [3.8, 4) is 0 Å². The van der Waals surface area contributed by atoms with E-state index in [0.29, 0.717) is 24.0 Å². The number of ketones is 1. The lowest BCUT2D eigenvalue weighted by molar-refractivity contribution is -0.120. The molecule has 3 atom stereocenters. The van der Waals surface area contributed by atoms with E-state index in [-0.39, 0.29) is 10.8 Å². The first-order chi connectivity index (χ1) is 11.8. The Bertz CT molecular complexity index is 927. The number of rotatable bonds is 0. The molecule has 0 saturated heterocycles. The average molecular weight is 330 g/mol. The van der Waals surface area contributed by atoms with Crippen LogP contribution >= 0.6 is 0 Å². The smallest absolute Gasteiger partial charge is 0.138 e. The van der Waals surface area contributed by atoms with Crippen molar-refractivity contribution < 1.29 is 4.79 Å². The molecule has 3 aliphatic carbocycles. The van der Waals surface area contributed by atoms with Crippen molar-refractivity contribution >= 4 is 16.6 Å². The van der Waals surface area contributed by atoms with Crippen molar-refractivity contribution in [3.63, 3.8) is 0 Å². The fraction of sp³-hybridized carbons (Fsp3) is 0.458. The highest BCUT2D eigenvalue weighted by Gasteiger charge is 2.52. The molecule has 1 saturated carbocycles. The largest absolute Gasteiger partial charge is 0.299 e. The Kier molecular flexibility index (Phi) is 2.98. The minimum absolute atomic E-state index is 0.0794. The number of Topliss-reactive ketones (excluding diaryl/α,β-unsaturated/α-hetero) is 1. The summed E-state index contributed by atoms with van der Waals surface area (Å²) in [5, 5.41) is 2.61. The van der Waals surface area contributed by atoms with E-state index in [4.69, 9.17) is 0 Å². The van der Waals surface area contributed by atoms with Crippen molar-refractivity contribution in [1.29, 1.82) is 0 Å². The minimum Gasteiger partial charge on any atom is -0.299 e. The van der Waals surface area contributed by atoms with E-state index in [1.807, 2.05) is 0 Å². The number of benzene rings is 2. The van der Waals surface area contributed by atoms with Crippen molar-refractivity contribution in [2.45, 2.75) is 57.3 Å². The van der Waals surface area contributed by atoms with E-state index >= 15 is 0 Å². The molecular weight excluding hydrogens is 304 g/mol. The van der Waals surface area contributed by atoms with Gasteiger partial charge in [-0.05, 0) is 57.6 Å². The summed E-state index contributed by atoms with van der Waals surface area (Å²) in [4.78, 5) is 12.6. The van der Waals surface area contributed by atoms with Crippen LogP contribution in [0.5, 0.6) is 0 Å². The Morgan fingerprint density at radius 3 is 2.56 bits per heavy atom. The molecule has 1 spiro atoms. The summed E-state index contributed by atoms with van der Waals surface area (Å²) in [6.45, 7) is 6.81. The van der Waals surface area contributed by atoms with Crippen molar-refractivity contribution in [2.75, 3.05) is 0 Å². The van der Waals surface area contributed by atoms with E-state index < -0.39 is 0 Å². The lowest BCUT2D eigenvalue weighted by Crippen LogP contribution is -2.38. The summed E-state index contributed by atoms with van der Waals surface area (Å²) in [5.41, 5.74) is 4.38. The molecule has 1 nitrogen and oxygen atoms in total. The fourth-order valence-electron chi connectivity index (χ4n) is 5.61. The Morgan fingerprint density at radius 2 is 1.88 bits per heavy atom. The van der Waals surface area contributed by atoms with E-state index in [0.717, 1.165) is 12.8 Å². The molecule has 2 bridgehead atoms. The topological polar surface area (TPSA) is 17.1 Å². The maximum atomic E-state index is 12.6. The van der Waals surface area contributed by atoms with Gasteiger partial charge in [-0.15, -0.1) is 0 Å². The molecule has 0 aliphatic heterocycles. The van der Waals surface area contributed by atoms with Gasteiger partial charge in [0.2, 0.25) is 0 Å². The van der Waals surface area contributed by atoms with E-state index in [1.54, 1.807) is 0 Å². The summed E-state index contributed by atoms with van der Waals surface area (Å²) in [6.07, 6.45) is 8.55. The van der Waals surface area contributed by atoms with Gasteiger partial charge in [-0.2, -0.15) is 0 Å². The summed E-state index contributed by atoms with van der Waals surface area (Å²) in [5.74, 6) is 1.67. The van der Waals surface area contributed by atoms with Crippen LogP contribution in [0.25, 0.3) is 10.8 Å². The van der Waals surface area contributed by atoms with Crippen LogP contribution in [0.2, 0.25) is 0 Å². The molecule has 0 radical (unpaired) electrons. The molecule has 0 heterocycles.